The van der Waals surface area contributed by atoms with Crippen LogP contribution in [0.15, 0.2) is 30.3 Å². The predicted octanol–water partition coefficient (Wildman–Crippen LogP) is 2.63. The fraction of sp³-hybridized carbons (Fsp3) is 0.500. The molecule has 0 saturated heterocycles. The van der Waals surface area contributed by atoms with Crippen LogP contribution in [0.25, 0.3) is 0 Å². The van der Waals surface area contributed by atoms with Crippen molar-refractivity contribution >= 4 is 5.97 Å². The molecule has 17 heavy (non-hydrogen) atoms. The highest BCUT2D eigenvalue weighted by molar-refractivity contribution is 5.69. The van der Waals surface area contributed by atoms with Crippen molar-refractivity contribution in [2.45, 2.75) is 32.4 Å². The number of rotatable bonds is 5. The van der Waals surface area contributed by atoms with Crippen LogP contribution in [0.2, 0.25) is 0 Å². The Hall–Kier alpha value is -1.35. The van der Waals surface area contributed by atoms with Gasteiger partial charge in [0.15, 0.2) is 0 Å². The maximum Gasteiger partial charge on any atom is 0.307 e. The van der Waals surface area contributed by atoms with Gasteiger partial charge in [-0.1, -0.05) is 30.3 Å². The molecule has 1 aromatic carbocycles. The minimum Gasteiger partial charge on any atom is -0.469 e. The number of benzene rings is 1. The zero-order valence-corrected chi connectivity index (χ0v) is 11.0. The highest BCUT2D eigenvalue weighted by Gasteiger charge is 2.19. The van der Waals surface area contributed by atoms with Gasteiger partial charge in [0.25, 0.3) is 0 Å². The van der Waals surface area contributed by atoms with E-state index < -0.39 is 0 Å². The highest BCUT2D eigenvalue weighted by atomic mass is 16.5. The van der Waals surface area contributed by atoms with Crippen LogP contribution in [0.3, 0.4) is 0 Å². The van der Waals surface area contributed by atoms with Gasteiger partial charge < -0.3 is 4.74 Å². The van der Waals surface area contributed by atoms with Crippen molar-refractivity contribution in [2.75, 3.05) is 14.2 Å². The number of nitrogens with zero attached hydrogens (tertiary/aromatic N) is 1. The second-order valence-corrected chi connectivity index (χ2v) is 4.38. The van der Waals surface area contributed by atoms with Gasteiger partial charge in [0.2, 0.25) is 0 Å². The van der Waals surface area contributed by atoms with Crippen LogP contribution in [0.4, 0.5) is 0 Å². The van der Waals surface area contributed by atoms with Crippen molar-refractivity contribution < 1.29 is 9.53 Å². The van der Waals surface area contributed by atoms with Crippen molar-refractivity contribution in [1.82, 2.24) is 4.90 Å². The average molecular weight is 235 g/mol. The van der Waals surface area contributed by atoms with Crippen LogP contribution < -0.4 is 0 Å². The lowest BCUT2D eigenvalue weighted by Crippen LogP contribution is -2.33. The van der Waals surface area contributed by atoms with Gasteiger partial charge in [-0.2, -0.15) is 0 Å². The first-order chi connectivity index (χ1) is 8.06. The number of carbonyl (C=O) groups is 1. The number of esters is 1. The van der Waals surface area contributed by atoms with Crippen molar-refractivity contribution in [3.8, 4) is 0 Å². The van der Waals surface area contributed by atoms with E-state index in [1.807, 2.05) is 32.2 Å². The molecule has 0 bridgehead atoms. The van der Waals surface area contributed by atoms with Crippen molar-refractivity contribution in [3.63, 3.8) is 0 Å². The Morgan fingerprint density at radius 3 is 2.41 bits per heavy atom. The van der Waals surface area contributed by atoms with Crippen molar-refractivity contribution in [3.05, 3.63) is 35.9 Å². The molecule has 0 saturated carbocycles. The van der Waals surface area contributed by atoms with Gasteiger partial charge in [-0.15, -0.1) is 0 Å². The third kappa shape index (κ3) is 3.86. The number of carbonyl (C=O) groups excluding carboxylic acids is 1. The van der Waals surface area contributed by atoms with E-state index in [0.29, 0.717) is 6.42 Å². The van der Waals surface area contributed by atoms with Crippen molar-refractivity contribution in [1.29, 1.82) is 0 Å². The molecule has 1 rings (SSSR count). The lowest BCUT2D eigenvalue weighted by molar-refractivity contribution is -0.141. The van der Waals surface area contributed by atoms with Crippen molar-refractivity contribution in [2.24, 2.45) is 0 Å². The van der Waals surface area contributed by atoms with Gasteiger partial charge in [-0.3, -0.25) is 9.69 Å². The molecule has 0 amide bonds. The van der Waals surface area contributed by atoms with Crippen LogP contribution in [0, 0.1) is 0 Å². The second-order valence-electron chi connectivity index (χ2n) is 4.38. The lowest BCUT2D eigenvalue weighted by atomic mass is 10.1. The fourth-order valence-electron chi connectivity index (χ4n) is 1.82. The summed E-state index contributed by atoms with van der Waals surface area (Å²) in [6, 6.07) is 10.7. The molecular formula is C14H21NO2. The van der Waals surface area contributed by atoms with E-state index in [9.17, 15) is 4.79 Å². The van der Waals surface area contributed by atoms with Gasteiger partial charge in [0.05, 0.1) is 13.5 Å². The molecule has 0 spiro atoms. The maximum absolute atomic E-state index is 11.2. The molecular weight excluding hydrogens is 214 g/mol. The normalized spacial score (nSPS) is 14.4. The third-order valence-electron chi connectivity index (χ3n) is 3.28. The summed E-state index contributed by atoms with van der Waals surface area (Å²) in [6.45, 7) is 4.18. The number of methoxy groups -OCH3 is 1. The Balaban J connectivity index is 2.63. The monoisotopic (exact) mass is 235 g/mol. The molecule has 0 aromatic heterocycles. The number of hydrogen-bond donors (Lipinski definition) is 0. The molecule has 0 fully saturated rings. The van der Waals surface area contributed by atoms with Crippen LogP contribution in [-0.4, -0.2) is 31.1 Å². The minimum absolute atomic E-state index is 0.162. The van der Waals surface area contributed by atoms with Crippen LogP contribution in [0.5, 0.6) is 0 Å². The summed E-state index contributed by atoms with van der Waals surface area (Å²) in [4.78, 5) is 13.4. The Morgan fingerprint density at radius 2 is 1.88 bits per heavy atom. The van der Waals surface area contributed by atoms with Gasteiger partial charge >= 0.3 is 5.97 Å². The first kappa shape index (κ1) is 13.7. The van der Waals surface area contributed by atoms with E-state index in [-0.39, 0.29) is 18.1 Å². The smallest absolute Gasteiger partial charge is 0.307 e. The van der Waals surface area contributed by atoms with Crippen LogP contribution in [0.1, 0.15) is 31.9 Å². The summed E-state index contributed by atoms with van der Waals surface area (Å²) in [6.07, 6.45) is 0.421. The molecule has 94 valence electrons. The van der Waals surface area contributed by atoms with Crippen LogP contribution >= 0.6 is 0 Å². The Kier molecular flexibility index (Phi) is 5.16. The van der Waals surface area contributed by atoms with E-state index in [4.69, 9.17) is 4.74 Å². The summed E-state index contributed by atoms with van der Waals surface area (Å²) in [5.74, 6) is -0.162. The number of ether oxygens (including phenoxy) is 1. The summed E-state index contributed by atoms with van der Waals surface area (Å²) < 4.78 is 4.69. The molecule has 3 nitrogen and oxygen atoms in total. The standard InChI is InChI=1S/C14H21NO2/c1-11(10-14(16)17-4)15(3)12(2)13-8-6-5-7-9-13/h5-9,11-12H,10H2,1-4H3/t11-,12+/m1/s1. The highest BCUT2D eigenvalue weighted by Crippen LogP contribution is 2.21. The largest absolute Gasteiger partial charge is 0.469 e. The molecule has 0 aliphatic carbocycles. The second kappa shape index (κ2) is 6.40. The molecule has 0 aliphatic rings. The Labute approximate surface area is 103 Å². The minimum atomic E-state index is -0.162. The van der Waals surface area contributed by atoms with E-state index in [1.54, 1.807) is 0 Å². The molecule has 0 N–H and O–H groups in total. The Morgan fingerprint density at radius 1 is 1.29 bits per heavy atom. The molecule has 0 aliphatic heterocycles. The summed E-state index contributed by atoms with van der Waals surface area (Å²) in [5.41, 5.74) is 1.26. The SMILES string of the molecule is COC(=O)C[C@@H](C)N(C)[C@@H](C)c1ccccc1. The van der Waals surface area contributed by atoms with Gasteiger partial charge in [0, 0.05) is 12.1 Å². The zero-order valence-electron chi connectivity index (χ0n) is 11.0. The fourth-order valence-corrected chi connectivity index (χ4v) is 1.82. The zero-order chi connectivity index (χ0) is 12.8. The maximum atomic E-state index is 11.2. The predicted molar refractivity (Wildman–Crippen MR) is 68.7 cm³/mol. The van der Waals surface area contributed by atoms with Gasteiger partial charge in [0.1, 0.15) is 0 Å². The lowest BCUT2D eigenvalue weighted by Gasteiger charge is -2.30. The molecule has 0 unspecified atom stereocenters. The van der Waals surface area contributed by atoms with Gasteiger partial charge in [-0.25, -0.2) is 0 Å². The van der Waals surface area contributed by atoms with E-state index in [2.05, 4.69) is 24.0 Å². The van der Waals surface area contributed by atoms with Crippen LogP contribution in [-0.2, 0) is 9.53 Å². The van der Waals surface area contributed by atoms with E-state index in [1.165, 1.54) is 12.7 Å². The molecule has 3 heteroatoms. The van der Waals surface area contributed by atoms with E-state index in [0.717, 1.165) is 0 Å². The third-order valence-corrected chi connectivity index (χ3v) is 3.28. The summed E-state index contributed by atoms with van der Waals surface area (Å²) in [7, 11) is 3.46. The topological polar surface area (TPSA) is 29.5 Å². The number of hydrogen-bond acceptors (Lipinski definition) is 3. The average Bonchev–Trinajstić information content (AvgIpc) is 2.37. The molecule has 1 aromatic rings. The Bertz CT molecular complexity index is 350. The quantitative estimate of drug-likeness (QED) is 0.735. The summed E-state index contributed by atoms with van der Waals surface area (Å²) in [5, 5.41) is 0. The molecule has 0 heterocycles. The molecule has 2 atom stereocenters. The first-order valence-corrected chi connectivity index (χ1v) is 5.90. The summed E-state index contributed by atoms with van der Waals surface area (Å²) >= 11 is 0. The molecule has 0 radical (unpaired) electrons. The first-order valence-electron chi connectivity index (χ1n) is 5.90. The van der Waals surface area contributed by atoms with E-state index >= 15 is 0 Å². The van der Waals surface area contributed by atoms with Gasteiger partial charge in [-0.05, 0) is 26.5 Å².